The van der Waals surface area contributed by atoms with Crippen LogP contribution in [0.25, 0.3) is 0 Å². The summed E-state index contributed by atoms with van der Waals surface area (Å²) < 4.78 is 0. The van der Waals surface area contributed by atoms with E-state index in [0.717, 1.165) is 44.2 Å². The third kappa shape index (κ3) is 4.18. The zero-order chi connectivity index (χ0) is 19.4. The molecule has 146 valence electrons. The Morgan fingerprint density at radius 3 is 2.70 bits per heavy atom. The van der Waals surface area contributed by atoms with Gasteiger partial charge < -0.3 is 16.8 Å². The summed E-state index contributed by atoms with van der Waals surface area (Å²) in [4.78, 5) is 22.7. The number of benzene rings is 1. The topological polar surface area (TPSA) is 109 Å². The van der Waals surface area contributed by atoms with Gasteiger partial charge in [-0.1, -0.05) is 31.4 Å². The molecule has 1 saturated carbocycles. The number of guanidine groups is 2. The largest absolute Gasteiger partial charge is 0.369 e. The SMILES string of the molecule is CCCCC(=O)Nc1ccc(N2C(N)=NC(N)=NC23CCCCC3)cc1Cl. The van der Waals surface area contributed by atoms with Gasteiger partial charge in [0.15, 0.2) is 0 Å². The fourth-order valence-electron chi connectivity index (χ4n) is 3.79. The third-order valence-corrected chi connectivity index (χ3v) is 5.41. The van der Waals surface area contributed by atoms with E-state index >= 15 is 0 Å². The monoisotopic (exact) mass is 390 g/mol. The summed E-state index contributed by atoms with van der Waals surface area (Å²) in [5, 5.41) is 3.32. The van der Waals surface area contributed by atoms with Gasteiger partial charge >= 0.3 is 0 Å². The number of anilines is 2. The van der Waals surface area contributed by atoms with E-state index < -0.39 is 5.66 Å². The van der Waals surface area contributed by atoms with Crippen molar-refractivity contribution < 1.29 is 4.79 Å². The van der Waals surface area contributed by atoms with Gasteiger partial charge in [0.05, 0.1) is 10.7 Å². The van der Waals surface area contributed by atoms with Gasteiger partial charge in [-0.3, -0.25) is 9.69 Å². The van der Waals surface area contributed by atoms with E-state index in [-0.39, 0.29) is 11.9 Å². The van der Waals surface area contributed by atoms with Crippen LogP contribution in [0.15, 0.2) is 28.2 Å². The average Bonchev–Trinajstić information content (AvgIpc) is 2.62. The van der Waals surface area contributed by atoms with Crippen molar-refractivity contribution in [1.82, 2.24) is 0 Å². The van der Waals surface area contributed by atoms with Crippen LogP contribution in [0.1, 0.15) is 58.3 Å². The first kappa shape index (κ1) is 19.5. The molecule has 0 aromatic heterocycles. The molecule has 0 atom stereocenters. The number of hydrogen-bond donors (Lipinski definition) is 3. The van der Waals surface area contributed by atoms with E-state index in [0.29, 0.717) is 23.1 Å². The summed E-state index contributed by atoms with van der Waals surface area (Å²) in [7, 11) is 0. The number of halogens is 1. The van der Waals surface area contributed by atoms with Crippen LogP contribution >= 0.6 is 11.6 Å². The molecule has 0 saturated heterocycles. The predicted molar refractivity (Wildman–Crippen MR) is 111 cm³/mol. The van der Waals surface area contributed by atoms with E-state index in [1.54, 1.807) is 12.1 Å². The van der Waals surface area contributed by atoms with Gasteiger partial charge in [-0.15, -0.1) is 0 Å². The van der Waals surface area contributed by atoms with Gasteiger partial charge in [0.25, 0.3) is 0 Å². The molecule has 7 nitrogen and oxygen atoms in total. The molecule has 0 radical (unpaired) electrons. The van der Waals surface area contributed by atoms with Gasteiger partial charge in [-0.2, -0.15) is 4.99 Å². The molecule has 0 unspecified atom stereocenters. The summed E-state index contributed by atoms with van der Waals surface area (Å²) in [6, 6.07) is 5.48. The number of rotatable bonds is 5. The third-order valence-electron chi connectivity index (χ3n) is 5.09. The van der Waals surface area contributed by atoms with E-state index in [2.05, 4.69) is 22.2 Å². The highest BCUT2D eigenvalue weighted by Crippen LogP contribution is 2.40. The molecule has 1 spiro atoms. The van der Waals surface area contributed by atoms with Crippen LogP contribution in [-0.4, -0.2) is 23.5 Å². The van der Waals surface area contributed by atoms with Crippen LogP contribution in [0.3, 0.4) is 0 Å². The second kappa shape index (κ2) is 8.17. The van der Waals surface area contributed by atoms with Crippen LogP contribution in [0, 0.1) is 0 Å². The van der Waals surface area contributed by atoms with E-state index in [9.17, 15) is 4.79 Å². The first-order valence-corrected chi connectivity index (χ1v) is 9.92. The highest BCUT2D eigenvalue weighted by Gasteiger charge is 2.42. The molecule has 1 amide bonds. The van der Waals surface area contributed by atoms with Crippen molar-refractivity contribution in [3.63, 3.8) is 0 Å². The standard InChI is InChI=1S/C19H27ClN6O/c1-2-3-7-16(27)23-15-9-8-13(12-14(15)20)26-18(22)24-17(21)25-19(26)10-5-4-6-11-19/h8-9,12H,2-7,10-11H2,1H3,(H,23,27)(H4,21,22,24,25). The average molecular weight is 391 g/mol. The lowest BCUT2D eigenvalue weighted by molar-refractivity contribution is -0.116. The Hall–Kier alpha value is -2.28. The predicted octanol–water partition coefficient (Wildman–Crippen LogP) is 3.58. The zero-order valence-corrected chi connectivity index (χ0v) is 16.4. The van der Waals surface area contributed by atoms with Crippen LogP contribution < -0.4 is 21.7 Å². The van der Waals surface area contributed by atoms with Crippen molar-refractivity contribution in [2.75, 3.05) is 10.2 Å². The van der Waals surface area contributed by atoms with Gasteiger partial charge in [0.2, 0.25) is 17.8 Å². The zero-order valence-electron chi connectivity index (χ0n) is 15.7. The Bertz CT molecular complexity index is 769. The number of nitrogens with one attached hydrogen (secondary N) is 1. The number of unbranched alkanes of at least 4 members (excludes halogenated alkanes) is 1. The Kier molecular flexibility index (Phi) is 5.89. The minimum absolute atomic E-state index is 0.0355. The molecule has 3 rings (SSSR count). The highest BCUT2D eigenvalue weighted by molar-refractivity contribution is 6.34. The van der Waals surface area contributed by atoms with Crippen molar-refractivity contribution in [3.05, 3.63) is 23.2 Å². The van der Waals surface area contributed by atoms with E-state index in [1.807, 2.05) is 11.0 Å². The van der Waals surface area contributed by atoms with Gasteiger partial charge in [0.1, 0.15) is 5.66 Å². The number of nitrogens with two attached hydrogens (primary N) is 2. The molecule has 1 aromatic rings. The highest BCUT2D eigenvalue weighted by atomic mass is 35.5. The molecule has 1 aliphatic heterocycles. The quantitative estimate of drug-likeness (QED) is 0.713. The van der Waals surface area contributed by atoms with Crippen molar-refractivity contribution in [3.8, 4) is 0 Å². The number of hydrogen-bond acceptors (Lipinski definition) is 6. The van der Waals surface area contributed by atoms with Crippen molar-refractivity contribution >= 4 is 40.8 Å². The maximum absolute atomic E-state index is 12.0. The Balaban J connectivity index is 1.87. The molecule has 2 aliphatic rings. The molecule has 0 bridgehead atoms. The van der Waals surface area contributed by atoms with Gasteiger partial charge in [-0.25, -0.2) is 4.99 Å². The molecule has 1 heterocycles. The van der Waals surface area contributed by atoms with E-state index in [4.69, 9.17) is 23.1 Å². The second-order valence-corrected chi connectivity index (χ2v) is 7.54. The van der Waals surface area contributed by atoms with Crippen LogP contribution in [0.5, 0.6) is 0 Å². The summed E-state index contributed by atoms with van der Waals surface area (Å²) in [5.41, 5.74) is 13.0. The summed E-state index contributed by atoms with van der Waals surface area (Å²) >= 11 is 6.45. The molecule has 1 aromatic carbocycles. The Labute approximate surface area is 164 Å². The molecule has 27 heavy (non-hydrogen) atoms. The lowest BCUT2D eigenvalue weighted by Gasteiger charge is -2.45. The maximum atomic E-state index is 12.0. The minimum atomic E-state index is -0.511. The normalized spacial score (nSPS) is 18.8. The maximum Gasteiger partial charge on any atom is 0.224 e. The molecule has 1 aliphatic carbocycles. The van der Waals surface area contributed by atoms with Gasteiger partial charge in [-0.05, 0) is 50.3 Å². The molecular formula is C19H27ClN6O. The van der Waals surface area contributed by atoms with E-state index in [1.165, 1.54) is 6.42 Å². The lowest BCUT2D eigenvalue weighted by atomic mass is 9.87. The van der Waals surface area contributed by atoms with Gasteiger partial charge in [0, 0.05) is 12.1 Å². The fraction of sp³-hybridized carbons (Fsp3) is 0.526. The number of nitrogens with zero attached hydrogens (tertiary/aromatic N) is 3. The van der Waals surface area contributed by atoms with Crippen molar-refractivity contribution in [2.45, 2.75) is 64.0 Å². The van der Waals surface area contributed by atoms with Crippen LogP contribution in [0.2, 0.25) is 5.02 Å². The number of carbonyl (C=O) groups excluding carboxylic acids is 1. The lowest BCUT2D eigenvalue weighted by Crippen LogP contribution is -2.58. The van der Waals surface area contributed by atoms with Crippen LogP contribution in [-0.2, 0) is 4.79 Å². The first-order chi connectivity index (χ1) is 12.9. The van der Waals surface area contributed by atoms with Crippen molar-refractivity contribution in [2.24, 2.45) is 21.5 Å². The number of aliphatic imine (C=N–C) groups is 2. The number of amides is 1. The Morgan fingerprint density at radius 2 is 2.04 bits per heavy atom. The first-order valence-electron chi connectivity index (χ1n) is 9.54. The Morgan fingerprint density at radius 1 is 1.30 bits per heavy atom. The number of carbonyl (C=O) groups is 1. The summed E-state index contributed by atoms with van der Waals surface area (Å²) in [6.07, 6.45) is 7.31. The fourth-order valence-corrected chi connectivity index (χ4v) is 4.01. The minimum Gasteiger partial charge on any atom is -0.369 e. The molecule has 5 N–H and O–H groups in total. The second-order valence-electron chi connectivity index (χ2n) is 7.13. The van der Waals surface area contributed by atoms with Crippen LogP contribution in [0.4, 0.5) is 11.4 Å². The molecular weight excluding hydrogens is 364 g/mol. The smallest absolute Gasteiger partial charge is 0.224 e. The molecule has 1 fully saturated rings. The molecule has 8 heteroatoms. The van der Waals surface area contributed by atoms with Crippen molar-refractivity contribution in [1.29, 1.82) is 0 Å². The summed E-state index contributed by atoms with van der Waals surface area (Å²) in [5.74, 6) is 0.503. The summed E-state index contributed by atoms with van der Waals surface area (Å²) in [6.45, 7) is 2.05.